The summed E-state index contributed by atoms with van der Waals surface area (Å²) in [5, 5.41) is 27.9. The minimum Gasteiger partial charge on any atom is -0.396 e. The van der Waals surface area contributed by atoms with E-state index in [1.54, 1.807) is 6.07 Å². The summed E-state index contributed by atoms with van der Waals surface area (Å²) in [4.78, 5) is 2.32. The predicted octanol–water partition coefficient (Wildman–Crippen LogP) is 4.44. The van der Waals surface area contributed by atoms with Crippen molar-refractivity contribution in [2.75, 3.05) is 43.6 Å². The van der Waals surface area contributed by atoms with Crippen LogP contribution in [0.1, 0.15) is 49.9 Å². The molecule has 0 amide bonds. The van der Waals surface area contributed by atoms with Crippen LogP contribution in [0.15, 0.2) is 24.3 Å². The van der Waals surface area contributed by atoms with Gasteiger partial charge in [-0.3, -0.25) is 0 Å². The Morgan fingerprint density at radius 2 is 1.48 bits per heavy atom. The quantitative estimate of drug-likeness (QED) is 0.591. The van der Waals surface area contributed by atoms with Crippen LogP contribution in [0.5, 0.6) is 0 Å². The second kappa shape index (κ2) is 16.1. The van der Waals surface area contributed by atoms with Gasteiger partial charge in [0.2, 0.25) is 0 Å². The molecule has 2 aliphatic heterocycles. The third-order valence-corrected chi connectivity index (χ3v) is 6.42. The summed E-state index contributed by atoms with van der Waals surface area (Å²) in [6, 6.07) is 7.61. The summed E-state index contributed by atoms with van der Waals surface area (Å²) in [5.41, 5.74) is 1.86. The van der Waals surface area contributed by atoms with Gasteiger partial charge in [0, 0.05) is 25.6 Å². The van der Waals surface area contributed by atoms with Crippen LogP contribution in [-0.2, 0) is 0 Å². The second-order valence-corrected chi connectivity index (χ2v) is 9.41. The molecule has 0 saturated carbocycles. The van der Waals surface area contributed by atoms with E-state index >= 15 is 0 Å². The van der Waals surface area contributed by atoms with Gasteiger partial charge in [-0.1, -0.05) is 11.6 Å². The first-order valence-electron chi connectivity index (χ1n) is 11.9. The second-order valence-electron chi connectivity index (χ2n) is 8.64. The maximum Gasteiger partial charge on any atom is 0.151 e. The van der Waals surface area contributed by atoms with E-state index in [0.29, 0.717) is 11.8 Å². The van der Waals surface area contributed by atoms with Crippen LogP contribution in [-0.4, -0.2) is 64.2 Å². The number of aryl methyl sites for hydroxylation is 2. The lowest BCUT2D eigenvalue weighted by molar-refractivity contribution is 0.235. The molecule has 0 aromatic carbocycles. The molecule has 2 N–H and O–H groups in total. The first-order valence-corrected chi connectivity index (χ1v) is 12.8. The van der Waals surface area contributed by atoms with Crippen LogP contribution < -0.4 is 10.2 Å². The normalized spacial score (nSPS) is 16.9. The van der Waals surface area contributed by atoms with E-state index in [-0.39, 0.29) is 0 Å². The highest BCUT2D eigenvalue weighted by Gasteiger charge is 2.19. The Morgan fingerprint density at radius 1 is 0.879 bits per heavy atom. The summed E-state index contributed by atoms with van der Waals surface area (Å²) in [6.07, 6.45) is 7.10. The molecule has 9 heteroatoms. The molecule has 7 nitrogen and oxygen atoms in total. The molecule has 4 rings (SSSR count). The fourth-order valence-corrected chi connectivity index (χ4v) is 4.31. The maximum atomic E-state index is 8.60. The molecular weight excluding hydrogens is 459 g/mol. The van der Waals surface area contributed by atoms with Crippen molar-refractivity contribution in [1.29, 1.82) is 0 Å². The number of piperidine rings is 2. The highest BCUT2D eigenvalue weighted by molar-refractivity contribution is 6.29. The van der Waals surface area contributed by atoms with Gasteiger partial charge in [0.15, 0.2) is 11.0 Å². The topological polar surface area (TPSA) is 87.1 Å². The molecule has 2 aliphatic rings. The minimum absolute atomic E-state index is 0.366. The predicted molar refractivity (Wildman–Crippen MR) is 136 cm³/mol. The summed E-state index contributed by atoms with van der Waals surface area (Å²) >= 11 is 11.2. The molecule has 0 unspecified atom stereocenters. The van der Waals surface area contributed by atoms with Gasteiger partial charge >= 0.3 is 0 Å². The molecule has 184 valence electrons. The summed E-state index contributed by atoms with van der Waals surface area (Å²) in [6.45, 7) is 8.64. The average molecular weight is 498 g/mol. The smallest absolute Gasteiger partial charge is 0.151 e. The molecule has 4 heterocycles. The SMILES string of the molecule is Cc1ccc(Cl)nn1.Cc1ccc(N2CCC(CCCl)CC2)nn1.OCCC1CCNCC1. The van der Waals surface area contributed by atoms with Gasteiger partial charge in [-0.15, -0.1) is 21.8 Å². The van der Waals surface area contributed by atoms with Crippen LogP contribution in [0.25, 0.3) is 0 Å². The van der Waals surface area contributed by atoms with E-state index in [1.807, 2.05) is 26.0 Å². The van der Waals surface area contributed by atoms with E-state index < -0.39 is 0 Å². The third-order valence-electron chi connectivity index (χ3n) is 6.00. The summed E-state index contributed by atoms with van der Waals surface area (Å²) in [7, 11) is 0. The van der Waals surface area contributed by atoms with Gasteiger partial charge in [-0.25, -0.2) is 0 Å². The van der Waals surface area contributed by atoms with Crippen LogP contribution in [0.3, 0.4) is 0 Å². The lowest BCUT2D eigenvalue weighted by atomic mass is 9.94. The largest absolute Gasteiger partial charge is 0.396 e. The van der Waals surface area contributed by atoms with Crippen molar-refractivity contribution in [3.8, 4) is 0 Å². The Bertz CT molecular complexity index is 725. The summed E-state index contributed by atoms with van der Waals surface area (Å²) in [5.74, 6) is 3.38. The molecule has 0 bridgehead atoms. The fourth-order valence-electron chi connectivity index (χ4n) is 3.90. The van der Waals surface area contributed by atoms with Crippen LogP contribution in [0.2, 0.25) is 5.15 Å². The van der Waals surface area contributed by atoms with Crippen molar-refractivity contribution in [3.05, 3.63) is 40.8 Å². The number of aromatic nitrogens is 4. The van der Waals surface area contributed by atoms with Crippen molar-refractivity contribution >= 4 is 29.0 Å². The van der Waals surface area contributed by atoms with Gasteiger partial charge in [-0.05, 0) is 102 Å². The monoisotopic (exact) mass is 496 g/mol. The Morgan fingerprint density at radius 3 is 1.97 bits per heavy atom. The molecule has 0 atom stereocenters. The van der Waals surface area contributed by atoms with Gasteiger partial charge in [0.05, 0.1) is 11.4 Å². The van der Waals surface area contributed by atoms with E-state index in [4.69, 9.17) is 28.3 Å². The number of aliphatic hydroxyl groups excluding tert-OH is 1. The van der Waals surface area contributed by atoms with Crippen molar-refractivity contribution in [2.45, 2.75) is 52.4 Å². The Balaban J connectivity index is 0.000000192. The third kappa shape index (κ3) is 11.4. The van der Waals surface area contributed by atoms with Crippen molar-refractivity contribution < 1.29 is 5.11 Å². The molecular formula is C24H38Cl2N6O. The van der Waals surface area contributed by atoms with Gasteiger partial charge in [-0.2, -0.15) is 10.2 Å². The highest BCUT2D eigenvalue weighted by Crippen LogP contribution is 2.23. The van der Waals surface area contributed by atoms with Crippen molar-refractivity contribution in [2.24, 2.45) is 11.8 Å². The standard InChI is InChI=1S/C12H18ClN3.C7H15NO.C5H5ClN2/c1-10-2-3-12(15-14-10)16-8-5-11(4-7-13)6-9-16;9-6-3-7-1-4-8-5-2-7;1-4-2-3-5(6)8-7-4/h2-3,11H,4-9H2,1H3;7-9H,1-6H2;2-3H,1H3. The number of alkyl halides is 1. The number of nitrogens with one attached hydrogen (secondary N) is 1. The van der Waals surface area contributed by atoms with Crippen LogP contribution in [0, 0.1) is 25.7 Å². The highest BCUT2D eigenvalue weighted by atomic mass is 35.5. The van der Waals surface area contributed by atoms with Gasteiger partial charge in [0.25, 0.3) is 0 Å². The van der Waals surface area contributed by atoms with Crippen molar-refractivity contribution in [1.82, 2.24) is 25.7 Å². The molecule has 0 radical (unpaired) electrons. The molecule has 0 aliphatic carbocycles. The van der Waals surface area contributed by atoms with E-state index in [9.17, 15) is 0 Å². The van der Waals surface area contributed by atoms with Crippen LogP contribution >= 0.6 is 23.2 Å². The average Bonchev–Trinajstić information content (AvgIpc) is 2.84. The number of nitrogens with zero attached hydrogens (tertiary/aromatic N) is 5. The van der Waals surface area contributed by atoms with E-state index in [1.165, 1.54) is 25.7 Å². The molecule has 2 aromatic rings. The zero-order valence-electron chi connectivity index (χ0n) is 19.9. The van der Waals surface area contributed by atoms with Gasteiger partial charge in [0.1, 0.15) is 0 Å². The molecule has 2 aromatic heterocycles. The van der Waals surface area contributed by atoms with Gasteiger partial charge < -0.3 is 15.3 Å². The zero-order chi connectivity index (χ0) is 23.9. The zero-order valence-corrected chi connectivity index (χ0v) is 21.4. The number of hydrogen-bond donors (Lipinski definition) is 2. The molecule has 2 saturated heterocycles. The Hall–Kier alpha value is -1.54. The first kappa shape index (κ1) is 27.7. The number of aliphatic hydroxyl groups is 1. The van der Waals surface area contributed by atoms with Crippen LogP contribution in [0.4, 0.5) is 5.82 Å². The lowest BCUT2D eigenvalue weighted by Crippen LogP contribution is -2.34. The number of anilines is 1. The van der Waals surface area contributed by atoms with Crippen molar-refractivity contribution in [3.63, 3.8) is 0 Å². The number of rotatable bonds is 5. The lowest BCUT2D eigenvalue weighted by Gasteiger charge is -2.32. The summed E-state index contributed by atoms with van der Waals surface area (Å²) < 4.78 is 0. The minimum atomic E-state index is 0.366. The molecule has 33 heavy (non-hydrogen) atoms. The first-order chi connectivity index (χ1) is 16.0. The maximum absolute atomic E-state index is 8.60. The Kier molecular flexibility index (Phi) is 13.6. The number of halogens is 2. The Labute approximate surface area is 208 Å². The fraction of sp³-hybridized carbons (Fsp3) is 0.667. The van der Waals surface area contributed by atoms with E-state index in [2.05, 4.69) is 36.7 Å². The molecule has 2 fully saturated rings. The molecule has 0 spiro atoms. The van der Waals surface area contributed by atoms with E-state index in [0.717, 1.165) is 73.9 Å². The number of hydrogen-bond acceptors (Lipinski definition) is 7.